The van der Waals surface area contributed by atoms with E-state index in [2.05, 4.69) is 10.3 Å². The van der Waals surface area contributed by atoms with Crippen molar-refractivity contribution in [1.29, 1.82) is 0 Å². The first-order chi connectivity index (χ1) is 14.5. The number of nitrogens with zero attached hydrogens (tertiary/aromatic N) is 3. The van der Waals surface area contributed by atoms with Crippen molar-refractivity contribution in [1.82, 2.24) is 9.55 Å². The fourth-order valence-electron chi connectivity index (χ4n) is 3.35. The molecule has 2 heterocycles. The third-order valence-corrected chi connectivity index (χ3v) is 5.57. The second-order valence-corrected chi connectivity index (χ2v) is 8.11. The molecule has 0 radical (unpaired) electrons. The first-order valence-corrected chi connectivity index (χ1v) is 10.6. The van der Waals surface area contributed by atoms with Gasteiger partial charge in [-0.1, -0.05) is 18.2 Å². The number of fused-ring (bicyclic) bond motifs is 1. The summed E-state index contributed by atoms with van der Waals surface area (Å²) in [7, 11) is 0. The molecule has 6 nitrogen and oxygen atoms in total. The number of nitrogens with one attached hydrogen (secondary N) is 1. The number of benzene rings is 2. The second kappa shape index (κ2) is 8.51. The average molecular weight is 419 g/mol. The van der Waals surface area contributed by atoms with Gasteiger partial charge in [-0.3, -0.25) is 14.2 Å². The molecule has 0 fully saturated rings. The van der Waals surface area contributed by atoms with Crippen molar-refractivity contribution in [2.45, 2.75) is 26.4 Å². The molecule has 0 spiro atoms. The molecule has 4 rings (SSSR count). The molecule has 0 bridgehead atoms. The van der Waals surface area contributed by atoms with Crippen molar-refractivity contribution < 1.29 is 4.79 Å². The number of thiophene rings is 1. The summed E-state index contributed by atoms with van der Waals surface area (Å²) in [6, 6.07) is 19.3. The van der Waals surface area contributed by atoms with E-state index in [1.165, 1.54) is 22.2 Å². The van der Waals surface area contributed by atoms with E-state index in [4.69, 9.17) is 0 Å². The zero-order chi connectivity index (χ0) is 21.1. The first kappa shape index (κ1) is 19.8. The van der Waals surface area contributed by atoms with E-state index in [0.29, 0.717) is 10.2 Å². The number of para-hydroxylation sites is 1. The Morgan fingerprint density at radius 3 is 2.47 bits per heavy atom. The van der Waals surface area contributed by atoms with E-state index in [0.717, 1.165) is 17.1 Å². The molecule has 0 unspecified atom stereocenters. The van der Waals surface area contributed by atoms with Gasteiger partial charge in [0.05, 0.1) is 11.7 Å². The van der Waals surface area contributed by atoms with Crippen LogP contribution in [-0.4, -0.2) is 21.5 Å². The molecule has 152 valence electrons. The van der Waals surface area contributed by atoms with Crippen LogP contribution < -0.4 is 15.8 Å². The maximum absolute atomic E-state index is 13.1. The van der Waals surface area contributed by atoms with Crippen LogP contribution >= 0.6 is 11.3 Å². The lowest BCUT2D eigenvalue weighted by Crippen LogP contribution is -2.41. The molecule has 30 heavy (non-hydrogen) atoms. The summed E-state index contributed by atoms with van der Waals surface area (Å²) in [5.74, 6) is -0.160. The number of rotatable bonds is 6. The summed E-state index contributed by atoms with van der Waals surface area (Å²) in [5.41, 5.74) is 2.52. The van der Waals surface area contributed by atoms with Crippen LogP contribution in [0.25, 0.3) is 10.2 Å². The predicted octanol–water partition coefficient (Wildman–Crippen LogP) is 4.64. The lowest BCUT2D eigenvalue weighted by atomic mass is 10.2. The molecule has 7 heteroatoms. The summed E-state index contributed by atoms with van der Waals surface area (Å²) in [6.07, 6.45) is 1.45. The van der Waals surface area contributed by atoms with E-state index >= 15 is 0 Å². The number of aromatic nitrogens is 2. The zero-order valence-corrected chi connectivity index (χ0v) is 17.6. The molecule has 0 aliphatic rings. The van der Waals surface area contributed by atoms with Crippen LogP contribution in [0.4, 0.5) is 17.1 Å². The smallest absolute Gasteiger partial charge is 0.262 e. The zero-order valence-electron chi connectivity index (χ0n) is 16.8. The fraction of sp³-hybridized carbons (Fsp3) is 0.174. The molecule has 1 amide bonds. The first-order valence-electron chi connectivity index (χ1n) is 9.70. The van der Waals surface area contributed by atoms with Crippen molar-refractivity contribution in [2.75, 3.05) is 10.2 Å². The van der Waals surface area contributed by atoms with Crippen LogP contribution in [0, 0.1) is 0 Å². The summed E-state index contributed by atoms with van der Waals surface area (Å²) in [6.45, 7) is 3.86. The average Bonchev–Trinajstić information content (AvgIpc) is 3.22. The summed E-state index contributed by atoms with van der Waals surface area (Å²) in [4.78, 5) is 32.4. The number of carbonyl (C=O) groups is 1. The van der Waals surface area contributed by atoms with Gasteiger partial charge in [0.25, 0.3) is 5.56 Å². The van der Waals surface area contributed by atoms with Gasteiger partial charge >= 0.3 is 0 Å². The van der Waals surface area contributed by atoms with Crippen molar-refractivity contribution >= 4 is 44.5 Å². The Balaban J connectivity index is 1.54. The molecule has 4 aromatic rings. The Kier molecular flexibility index (Phi) is 5.63. The molecule has 0 atom stereocenters. The minimum absolute atomic E-state index is 0.0557. The van der Waals surface area contributed by atoms with Gasteiger partial charge in [0, 0.05) is 23.1 Å². The fourth-order valence-corrected chi connectivity index (χ4v) is 4.07. The molecule has 0 saturated heterocycles. The molecular weight excluding hydrogens is 396 g/mol. The largest absolute Gasteiger partial charge is 0.356 e. The van der Waals surface area contributed by atoms with E-state index < -0.39 is 0 Å². The monoisotopic (exact) mass is 418 g/mol. The molecule has 2 aromatic carbocycles. The Bertz CT molecular complexity index is 1210. The standard InChI is InChI=1S/C23H22N4O2S/c1-16(2)27(19-10-8-18(9-11-19)25-17-6-4-3-5-7-17)21(28)14-26-15-24-22-20(23(26)29)12-13-30-22/h3-13,15-16,25H,14H2,1-2H3. The van der Waals surface area contributed by atoms with E-state index in [1.807, 2.05) is 73.8 Å². The van der Waals surface area contributed by atoms with Crippen LogP contribution in [0.3, 0.4) is 0 Å². The SMILES string of the molecule is CC(C)N(C(=O)Cn1cnc2sccc2c1=O)c1ccc(Nc2ccccc2)cc1. The van der Waals surface area contributed by atoms with Gasteiger partial charge in [0.15, 0.2) is 0 Å². The minimum Gasteiger partial charge on any atom is -0.356 e. The predicted molar refractivity (Wildman–Crippen MR) is 123 cm³/mol. The van der Waals surface area contributed by atoms with Gasteiger partial charge in [0.1, 0.15) is 11.4 Å². The van der Waals surface area contributed by atoms with Crippen LogP contribution in [0.5, 0.6) is 0 Å². The number of hydrogen-bond donors (Lipinski definition) is 1. The number of amides is 1. The number of anilines is 3. The van der Waals surface area contributed by atoms with Gasteiger partial charge in [-0.25, -0.2) is 4.98 Å². The van der Waals surface area contributed by atoms with Gasteiger partial charge in [0.2, 0.25) is 5.91 Å². The van der Waals surface area contributed by atoms with Gasteiger partial charge < -0.3 is 10.2 Å². The Hall–Kier alpha value is -3.45. The molecule has 2 aromatic heterocycles. The van der Waals surface area contributed by atoms with Crippen LogP contribution in [-0.2, 0) is 11.3 Å². The van der Waals surface area contributed by atoms with Crippen LogP contribution in [0.2, 0.25) is 0 Å². The Morgan fingerprint density at radius 2 is 1.77 bits per heavy atom. The van der Waals surface area contributed by atoms with Crippen molar-refractivity contribution in [3.63, 3.8) is 0 Å². The molecule has 1 N–H and O–H groups in total. The normalized spacial score (nSPS) is 11.0. The molecule has 0 aliphatic heterocycles. The van der Waals surface area contributed by atoms with Crippen molar-refractivity contribution in [3.05, 3.63) is 82.7 Å². The lowest BCUT2D eigenvalue weighted by molar-refractivity contribution is -0.119. The summed E-state index contributed by atoms with van der Waals surface area (Å²) in [5, 5.41) is 5.71. The number of hydrogen-bond acceptors (Lipinski definition) is 5. The van der Waals surface area contributed by atoms with E-state index in [-0.39, 0.29) is 24.1 Å². The topological polar surface area (TPSA) is 67.2 Å². The van der Waals surface area contributed by atoms with Crippen LogP contribution in [0.1, 0.15) is 13.8 Å². The second-order valence-electron chi connectivity index (χ2n) is 7.21. The Labute approximate surface area is 178 Å². The van der Waals surface area contributed by atoms with Crippen LogP contribution in [0.15, 0.2) is 77.2 Å². The van der Waals surface area contributed by atoms with Crippen molar-refractivity contribution in [3.8, 4) is 0 Å². The third kappa shape index (κ3) is 4.11. The molecule has 0 saturated carbocycles. The lowest BCUT2D eigenvalue weighted by Gasteiger charge is -2.27. The third-order valence-electron chi connectivity index (χ3n) is 4.75. The van der Waals surface area contributed by atoms with Crippen molar-refractivity contribution in [2.24, 2.45) is 0 Å². The van der Waals surface area contributed by atoms with E-state index in [1.54, 1.807) is 11.0 Å². The maximum Gasteiger partial charge on any atom is 0.262 e. The van der Waals surface area contributed by atoms with E-state index in [9.17, 15) is 9.59 Å². The summed E-state index contributed by atoms with van der Waals surface area (Å²) >= 11 is 1.41. The molecule has 0 aliphatic carbocycles. The highest BCUT2D eigenvalue weighted by molar-refractivity contribution is 7.16. The minimum atomic E-state index is -0.194. The molecular formula is C23H22N4O2S. The quantitative estimate of drug-likeness (QED) is 0.495. The highest BCUT2D eigenvalue weighted by Gasteiger charge is 2.20. The van der Waals surface area contributed by atoms with Gasteiger partial charge in [-0.15, -0.1) is 11.3 Å². The summed E-state index contributed by atoms with van der Waals surface area (Å²) < 4.78 is 1.37. The highest BCUT2D eigenvalue weighted by atomic mass is 32.1. The van der Waals surface area contributed by atoms with Gasteiger partial charge in [-0.2, -0.15) is 0 Å². The maximum atomic E-state index is 13.1. The highest BCUT2D eigenvalue weighted by Crippen LogP contribution is 2.23. The number of carbonyl (C=O) groups excluding carboxylic acids is 1. The van der Waals surface area contributed by atoms with Gasteiger partial charge in [-0.05, 0) is 61.7 Å². The Morgan fingerprint density at radius 1 is 1.07 bits per heavy atom.